The van der Waals surface area contributed by atoms with Crippen LogP contribution in [0.5, 0.6) is 0 Å². The molecule has 0 bridgehead atoms. The summed E-state index contributed by atoms with van der Waals surface area (Å²) in [6.45, 7) is 0. The molecule has 0 fully saturated rings. The number of nitrogens with zero attached hydrogens (tertiary/aromatic N) is 4. The van der Waals surface area contributed by atoms with Gasteiger partial charge in [0, 0.05) is 43.6 Å². The number of benzene rings is 8. The van der Waals surface area contributed by atoms with Crippen molar-refractivity contribution in [1.29, 1.82) is 0 Å². The predicted molar refractivity (Wildman–Crippen MR) is 230 cm³/mol. The number of hydrogen-bond acceptors (Lipinski definition) is 5. The maximum atomic E-state index is 6.85. The molecule has 12 rings (SSSR count). The summed E-state index contributed by atoms with van der Waals surface area (Å²) in [5.74, 6) is 1.69. The standard InChI is InChI=1S/C51H30N4O2/c1-3-14-31(15-4-1)34-28-42(55-40-22-10-7-18-35(40)36-19-8-11-23-41(36)55)48-46(30-34)57-44-25-13-21-39(47(44)48)51-53-49(32-16-5-2-6-17-32)52-50(54-51)33-26-27-38-37-20-9-12-24-43(37)56-45(38)29-33/h1-30H. The van der Waals surface area contributed by atoms with Gasteiger partial charge in [-0.1, -0.05) is 133 Å². The molecule has 0 saturated heterocycles. The van der Waals surface area contributed by atoms with E-state index in [0.717, 1.165) is 88.4 Å². The first-order chi connectivity index (χ1) is 28.2. The van der Waals surface area contributed by atoms with E-state index in [4.69, 9.17) is 23.8 Å². The third-order valence-corrected chi connectivity index (χ3v) is 11.1. The quantitative estimate of drug-likeness (QED) is 0.176. The maximum absolute atomic E-state index is 6.85. The topological polar surface area (TPSA) is 69.9 Å². The zero-order valence-electron chi connectivity index (χ0n) is 30.4. The van der Waals surface area contributed by atoms with Crippen LogP contribution < -0.4 is 0 Å². The van der Waals surface area contributed by atoms with Gasteiger partial charge in [0.2, 0.25) is 0 Å². The van der Waals surface area contributed by atoms with Gasteiger partial charge in [0.05, 0.1) is 22.1 Å². The monoisotopic (exact) mass is 730 g/mol. The zero-order valence-corrected chi connectivity index (χ0v) is 30.4. The van der Waals surface area contributed by atoms with Crippen LogP contribution in [0.15, 0.2) is 191 Å². The molecule has 0 spiro atoms. The molecular weight excluding hydrogens is 701 g/mol. The summed E-state index contributed by atoms with van der Waals surface area (Å²) in [5, 5.41) is 6.43. The molecule has 0 aliphatic carbocycles. The highest BCUT2D eigenvalue weighted by atomic mass is 16.3. The van der Waals surface area contributed by atoms with Crippen LogP contribution in [0, 0.1) is 0 Å². The van der Waals surface area contributed by atoms with Crippen molar-refractivity contribution in [2.45, 2.75) is 0 Å². The minimum Gasteiger partial charge on any atom is -0.456 e. The SMILES string of the molecule is c1ccc(-c2cc(-n3c4ccccc4c4ccccc43)c3c(c2)oc2cccc(-c4nc(-c5ccccc5)nc(-c5ccc6c(c5)oc5ccccc56)n4)c23)cc1. The highest BCUT2D eigenvalue weighted by Crippen LogP contribution is 2.44. The van der Waals surface area contributed by atoms with Gasteiger partial charge in [-0.3, -0.25) is 0 Å². The van der Waals surface area contributed by atoms with Gasteiger partial charge < -0.3 is 13.4 Å². The molecule has 0 radical (unpaired) electrons. The van der Waals surface area contributed by atoms with Crippen molar-refractivity contribution in [3.63, 3.8) is 0 Å². The van der Waals surface area contributed by atoms with Crippen molar-refractivity contribution in [2.75, 3.05) is 0 Å². The Morgan fingerprint density at radius 2 is 0.895 bits per heavy atom. The normalized spacial score (nSPS) is 11.9. The van der Waals surface area contributed by atoms with Crippen molar-refractivity contribution in [2.24, 2.45) is 0 Å². The van der Waals surface area contributed by atoms with Crippen LogP contribution >= 0.6 is 0 Å². The molecule has 0 amide bonds. The van der Waals surface area contributed by atoms with Crippen LogP contribution in [0.4, 0.5) is 0 Å². The number of aromatic nitrogens is 4. The second kappa shape index (κ2) is 12.3. The molecule has 0 atom stereocenters. The molecule has 6 nitrogen and oxygen atoms in total. The van der Waals surface area contributed by atoms with Gasteiger partial charge in [-0.05, 0) is 59.7 Å². The maximum Gasteiger partial charge on any atom is 0.164 e. The van der Waals surface area contributed by atoms with Crippen LogP contribution in [-0.2, 0) is 0 Å². The Balaban J connectivity index is 1.16. The number of fused-ring (bicyclic) bond motifs is 9. The molecule has 6 heteroatoms. The highest BCUT2D eigenvalue weighted by molar-refractivity contribution is 6.18. The lowest BCUT2D eigenvalue weighted by atomic mass is 9.99. The van der Waals surface area contributed by atoms with E-state index in [-0.39, 0.29) is 0 Å². The second-order valence-corrected chi connectivity index (χ2v) is 14.4. The fourth-order valence-corrected chi connectivity index (χ4v) is 8.47. The van der Waals surface area contributed by atoms with Crippen LogP contribution in [0.1, 0.15) is 0 Å². The van der Waals surface area contributed by atoms with Crippen molar-refractivity contribution < 1.29 is 8.83 Å². The zero-order chi connectivity index (χ0) is 37.5. The third-order valence-electron chi connectivity index (χ3n) is 11.1. The molecule has 57 heavy (non-hydrogen) atoms. The van der Waals surface area contributed by atoms with Gasteiger partial charge >= 0.3 is 0 Å². The smallest absolute Gasteiger partial charge is 0.164 e. The van der Waals surface area contributed by atoms with Gasteiger partial charge in [-0.15, -0.1) is 0 Å². The van der Waals surface area contributed by atoms with Crippen molar-refractivity contribution in [3.05, 3.63) is 182 Å². The summed E-state index contributed by atoms with van der Waals surface area (Å²) in [7, 11) is 0. The summed E-state index contributed by atoms with van der Waals surface area (Å²) >= 11 is 0. The molecule has 4 aromatic heterocycles. The van der Waals surface area contributed by atoms with E-state index in [1.54, 1.807) is 0 Å². The van der Waals surface area contributed by atoms with Crippen LogP contribution in [-0.4, -0.2) is 19.5 Å². The Morgan fingerprint density at radius 3 is 1.65 bits per heavy atom. The average Bonchev–Trinajstić information content (AvgIpc) is 3.96. The average molecular weight is 731 g/mol. The molecule has 4 heterocycles. The van der Waals surface area contributed by atoms with Gasteiger partial charge in [-0.25, -0.2) is 15.0 Å². The first-order valence-corrected chi connectivity index (χ1v) is 19.0. The van der Waals surface area contributed by atoms with E-state index < -0.39 is 0 Å². The molecule has 266 valence electrons. The van der Waals surface area contributed by atoms with E-state index in [9.17, 15) is 0 Å². The number of furan rings is 2. The molecule has 8 aromatic carbocycles. The van der Waals surface area contributed by atoms with E-state index >= 15 is 0 Å². The first-order valence-electron chi connectivity index (χ1n) is 19.0. The molecule has 0 N–H and O–H groups in total. The third kappa shape index (κ3) is 4.94. The summed E-state index contributed by atoms with van der Waals surface area (Å²) in [5.41, 5.74) is 11.2. The van der Waals surface area contributed by atoms with E-state index in [0.29, 0.717) is 17.5 Å². The van der Waals surface area contributed by atoms with Crippen LogP contribution in [0.3, 0.4) is 0 Å². The summed E-state index contributed by atoms with van der Waals surface area (Å²) < 4.78 is 15.5. The van der Waals surface area contributed by atoms with Crippen LogP contribution in [0.25, 0.3) is 117 Å². The number of rotatable bonds is 5. The molecular formula is C51H30N4O2. The van der Waals surface area contributed by atoms with Gasteiger partial charge in [-0.2, -0.15) is 0 Å². The lowest BCUT2D eigenvalue weighted by molar-refractivity contribution is 0.668. The van der Waals surface area contributed by atoms with E-state index in [1.807, 2.05) is 72.8 Å². The lowest BCUT2D eigenvalue weighted by Crippen LogP contribution is -2.01. The molecule has 12 aromatic rings. The largest absolute Gasteiger partial charge is 0.456 e. The molecule has 0 saturated carbocycles. The molecule has 0 aliphatic heterocycles. The Hall–Kier alpha value is -7.83. The fourth-order valence-electron chi connectivity index (χ4n) is 8.47. The lowest BCUT2D eigenvalue weighted by Gasteiger charge is -2.13. The highest BCUT2D eigenvalue weighted by Gasteiger charge is 2.23. The van der Waals surface area contributed by atoms with Crippen molar-refractivity contribution in [1.82, 2.24) is 19.5 Å². The second-order valence-electron chi connectivity index (χ2n) is 14.4. The number of hydrogen-bond donors (Lipinski definition) is 0. The molecule has 0 aliphatic rings. The number of para-hydroxylation sites is 3. The predicted octanol–water partition coefficient (Wildman–Crippen LogP) is 13.4. The van der Waals surface area contributed by atoms with Crippen LogP contribution in [0.2, 0.25) is 0 Å². The Labute approximate surface area is 325 Å². The molecule has 0 unspecified atom stereocenters. The first kappa shape index (κ1) is 31.5. The Bertz CT molecular complexity index is 3470. The van der Waals surface area contributed by atoms with E-state index in [2.05, 4.69) is 114 Å². The summed E-state index contributed by atoms with van der Waals surface area (Å²) in [6.07, 6.45) is 0. The fraction of sp³-hybridized carbons (Fsp3) is 0. The van der Waals surface area contributed by atoms with Crippen molar-refractivity contribution in [3.8, 4) is 51.0 Å². The van der Waals surface area contributed by atoms with Gasteiger partial charge in [0.25, 0.3) is 0 Å². The Kier molecular flexibility index (Phi) is 6.83. The summed E-state index contributed by atoms with van der Waals surface area (Å²) in [6, 6.07) is 62.7. The Morgan fingerprint density at radius 1 is 0.333 bits per heavy atom. The minimum atomic E-state index is 0.553. The summed E-state index contributed by atoms with van der Waals surface area (Å²) in [4.78, 5) is 15.5. The van der Waals surface area contributed by atoms with E-state index in [1.165, 1.54) is 10.8 Å². The minimum absolute atomic E-state index is 0.553. The van der Waals surface area contributed by atoms with Crippen molar-refractivity contribution >= 4 is 65.7 Å². The van der Waals surface area contributed by atoms with Gasteiger partial charge in [0.15, 0.2) is 17.5 Å². The van der Waals surface area contributed by atoms with Gasteiger partial charge in [0.1, 0.15) is 22.3 Å².